The van der Waals surface area contributed by atoms with Gasteiger partial charge in [-0.3, -0.25) is 10.2 Å². The summed E-state index contributed by atoms with van der Waals surface area (Å²) in [6.45, 7) is 6.18. The fourth-order valence-corrected chi connectivity index (χ4v) is 4.43. The molecule has 2 aliphatic heterocycles. The van der Waals surface area contributed by atoms with Gasteiger partial charge in [0, 0.05) is 49.4 Å². The molecule has 0 aromatic heterocycles. The number of likely N-dealkylation sites (N-methyl/N-ethyl adjacent to an activating group) is 1. The van der Waals surface area contributed by atoms with Crippen LogP contribution in [0.4, 0.5) is 15.9 Å². The first-order valence-electron chi connectivity index (χ1n) is 11.4. The summed E-state index contributed by atoms with van der Waals surface area (Å²) in [6, 6.07) is 12.5. The molecule has 2 heterocycles. The van der Waals surface area contributed by atoms with Crippen LogP contribution in [-0.4, -0.2) is 73.5 Å². The second-order valence-electron chi connectivity index (χ2n) is 8.63. The van der Waals surface area contributed by atoms with Gasteiger partial charge in [0.2, 0.25) is 0 Å². The number of piperazine rings is 1. The molecular formula is C25H30FN5O2. The maximum absolute atomic E-state index is 13.6. The molecule has 0 amide bonds. The van der Waals surface area contributed by atoms with Crippen LogP contribution >= 0.6 is 0 Å². The van der Waals surface area contributed by atoms with Gasteiger partial charge in [-0.1, -0.05) is 6.07 Å². The number of aromatic amines is 2. The zero-order valence-electron chi connectivity index (χ0n) is 19.1. The SMILES string of the molecule is COc1cc2c3[nH][nH]c(Nc4cccc(F)c4)c-3cc2cc1OCCCN1CCN(C)CC1. The van der Waals surface area contributed by atoms with E-state index in [0.717, 1.165) is 72.7 Å². The molecule has 2 aromatic carbocycles. The Morgan fingerprint density at radius 1 is 1.03 bits per heavy atom. The molecule has 5 rings (SSSR count). The molecule has 0 saturated carbocycles. The first kappa shape index (κ1) is 21.6. The van der Waals surface area contributed by atoms with E-state index in [1.165, 1.54) is 12.1 Å². The average Bonchev–Trinajstić information content (AvgIpc) is 3.36. The predicted octanol–water partition coefficient (Wildman–Crippen LogP) is 4.51. The van der Waals surface area contributed by atoms with Crippen molar-refractivity contribution in [3.05, 3.63) is 48.3 Å². The topological polar surface area (TPSA) is 68.5 Å². The number of anilines is 2. The Morgan fingerprint density at radius 2 is 1.88 bits per heavy atom. The molecule has 0 atom stereocenters. The van der Waals surface area contributed by atoms with Crippen molar-refractivity contribution in [2.75, 3.05) is 58.8 Å². The minimum atomic E-state index is -0.279. The van der Waals surface area contributed by atoms with Crippen molar-refractivity contribution in [2.45, 2.75) is 6.42 Å². The first-order valence-corrected chi connectivity index (χ1v) is 11.4. The van der Waals surface area contributed by atoms with E-state index in [0.29, 0.717) is 18.0 Å². The number of hydrogen-bond acceptors (Lipinski definition) is 5. The molecule has 0 radical (unpaired) electrons. The van der Waals surface area contributed by atoms with Gasteiger partial charge in [-0.05, 0) is 55.3 Å². The van der Waals surface area contributed by atoms with Gasteiger partial charge in [0.1, 0.15) is 11.6 Å². The van der Waals surface area contributed by atoms with E-state index >= 15 is 0 Å². The van der Waals surface area contributed by atoms with Gasteiger partial charge in [0.15, 0.2) is 11.5 Å². The maximum Gasteiger partial charge on any atom is 0.161 e. The average molecular weight is 452 g/mol. The Balaban J connectivity index is 1.30. The molecule has 0 spiro atoms. The number of fused-ring (bicyclic) bond motifs is 3. The summed E-state index contributed by atoms with van der Waals surface area (Å²) in [5, 5.41) is 11.7. The van der Waals surface area contributed by atoms with Crippen molar-refractivity contribution in [2.24, 2.45) is 0 Å². The smallest absolute Gasteiger partial charge is 0.161 e. The maximum atomic E-state index is 13.6. The molecule has 1 aliphatic carbocycles. The second-order valence-corrected chi connectivity index (χ2v) is 8.63. The Labute approximate surface area is 192 Å². The lowest BCUT2D eigenvalue weighted by Crippen LogP contribution is -2.44. The van der Waals surface area contributed by atoms with Gasteiger partial charge in [-0.2, -0.15) is 0 Å². The monoisotopic (exact) mass is 451 g/mol. The van der Waals surface area contributed by atoms with Gasteiger partial charge in [-0.15, -0.1) is 0 Å². The molecule has 1 saturated heterocycles. The van der Waals surface area contributed by atoms with E-state index in [-0.39, 0.29) is 5.82 Å². The van der Waals surface area contributed by atoms with Gasteiger partial charge in [0.25, 0.3) is 0 Å². The lowest BCUT2D eigenvalue weighted by molar-refractivity contribution is 0.145. The largest absolute Gasteiger partial charge is 0.493 e. The molecule has 174 valence electrons. The van der Waals surface area contributed by atoms with Crippen molar-refractivity contribution in [1.82, 2.24) is 20.0 Å². The molecular weight excluding hydrogens is 421 g/mol. The quantitative estimate of drug-likeness (QED) is 0.344. The second kappa shape index (κ2) is 9.33. The van der Waals surface area contributed by atoms with Crippen LogP contribution in [0.2, 0.25) is 0 Å². The van der Waals surface area contributed by atoms with E-state index in [1.807, 2.05) is 18.2 Å². The Bertz CT molecular complexity index is 1190. The van der Waals surface area contributed by atoms with Crippen LogP contribution in [0.5, 0.6) is 11.5 Å². The number of ether oxygens (including phenoxy) is 2. The molecule has 3 aliphatic rings. The van der Waals surface area contributed by atoms with E-state index in [9.17, 15) is 4.39 Å². The third-order valence-corrected chi connectivity index (χ3v) is 6.32. The summed E-state index contributed by atoms with van der Waals surface area (Å²) >= 11 is 0. The number of H-pyrrole nitrogens is 2. The third kappa shape index (κ3) is 4.62. The summed E-state index contributed by atoms with van der Waals surface area (Å²) in [4.78, 5) is 4.86. The molecule has 2 aromatic rings. The number of hydrogen-bond donors (Lipinski definition) is 3. The minimum Gasteiger partial charge on any atom is -0.493 e. The number of halogens is 1. The Hall–Kier alpha value is -3.23. The number of aromatic nitrogens is 2. The van der Waals surface area contributed by atoms with Crippen molar-refractivity contribution in [1.29, 1.82) is 0 Å². The molecule has 8 heteroatoms. The lowest BCUT2D eigenvalue weighted by Gasteiger charge is -2.32. The van der Waals surface area contributed by atoms with Crippen molar-refractivity contribution in [3.63, 3.8) is 0 Å². The van der Waals surface area contributed by atoms with Crippen LogP contribution in [0.3, 0.4) is 0 Å². The Morgan fingerprint density at radius 3 is 2.67 bits per heavy atom. The number of nitrogens with one attached hydrogen (secondary N) is 3. The van der Waals surface area contributed by atoms with Gasteiger partial charge < -0.3 is 24.6 Å². The van der Waals surface area contributed by atoms with E-state index in [4.69, 9.17) is 9.47 Å². The molecule has 7 nitrogen and oxygen atoms in total. The van der Waals surface area contributed by atoms with Crippen LogP contribution in [-0.2, 0) is 0 Å². The van der Waals surface area contributed by atoms with Gasteiger partial charge in [0.05, 0.1) is 19.4 Å². The van der Waals surface area contributed by atoms with Crippen LogP contribution in [0.15, 0.2) is 42.5 Å². The minimum absolute atomic E-state index is 0.279. The highest BCUT2D eigenvalue weighted by atomic mass is 19.1. The van der Waals surface area contributed by atoms with E-state index < -0.39 is 0 Å². The van der Waals surface area contributed by atoms with Crippen molar-refractivity contribution in [3.8, 4) is 22.8 Å². The highest BCUT2D eigenvalue weighted by molar-refractivity contribution is 6.05. The summed E-state index contributed by atoms with van der Waals surface area (Å²) < 4.78 is 25.3. The van der Waals surface area contributed by atoms with Gasteiger partial charge >= 0.3 is 0 Å². The number of methoxy groups -OCH3 is 1. The zero-order valence-corrected chi connectivity index (χ0v) is 19.1. The van der Waals surface area contributed by atoms with E-state index in [2.05, 4.69) is 38.4 Å². The molecule has 1 fully saturated rings. The van der Waals surface area contributed by atoms with Crippen LogP contribution in [0, 0.1) is 5.82 Å². The number of benzene rings is 2. The predicted molar refractivity (Wildman–Crippen MR) is 130 cm³/mol. The third-order valence-electron chi connectivity index (χ3n) is 6.32. The fourth-order valence-electron chi connectivity index (χ4n) is 4.43. The summed E-state index contributed by atoms with van der Waals surface area (Å²) in [5.41, 5.74) is 2.63. The summed E-state index contributed by atoms with van der Waals surface area (Å²) in [6.07, 6.45) is 0.976. The highest BCUT2D eigenvalue weighted by Crippen LogP contribution is 2.42. The summed E-state index contributed by atoms with van der Waals surface area (Å²) in [5.74, 6) is 1.96. The molecule has 3 N–H and O–H groups in total. The Kier molecular flexibility index (Phi) is 6.11. The zero-order chi connectivity index (χ0) is 22.8. The normalized spacial score (nSPS) is 15.4. The van der Waals surface area contributed by atoms with Crippen LogP contribution in [0.1, 0.15) is 6.42 Å². The summed E-state index contributed by atoms with van der Waals surface area (Å²) in [7, 11) is 3.84. The van der Waals surface area contributed by atoms with Crippen molar-refractivity contribution >= 4 is 22.3 Å². The van der Waals surface area contributed by atoms with Crippen molar-refractivity contribution < 1.29 is 13.9 Å². The highest BCUT2D eigenvalue weighted by Gasteiger charge is 2.20. The number of rotatable bonds is 8. The lowest BCUT2D eigenvalue weighted by atomic mass is 10.2. The number of nitrogens with zero attached hydrogens (tertiary/aromatic N) is 2. The fraction of sp³-hybridized carbons (Fsp3) is 0.360. The van der Waals surface area contributed by atoms with E-state index in [1.54, 1.807) is 13.2 Å². The molecule has 33 heavy (non-hydrogen) atoms. The standard InChI is InChI=1S/C25H30FN5O2/c1-30-8-10-31(11-9-30)7-4-12-33-23-14-17-13-21-24(20(17)16-22(23)32-2)28-29-25(21)27-19-6-3-5-18(26)15-19/h3,5-6,13-16,27-29H,4,7-12H2,1-2H3. The molecule has 0 bridgehead atoms. The van der Waals surface area contributed by atoms with Crippen LogP contribution in [0.25, 0.3) is 22.0 Å². The first-order chi connectivity index (χ1) is 16.1. The molecule has 0 unspecified atom stereocenters. The van der Waals surface area contributed by atoms with Gasteiger partial charge in [-0.25, -0.2) is 4.39 Å². The van der Waals surface area contributed by atoms with Crippen LogP contribution < -0.4 is 14.8 Å².